The minimum atomic E-state index is -3.80. The van der Waals surface area contributed by atoms with Gasteiger partial charge < -0.3 is 10.0 Å². The number of aliphatic hydroxyl groups excluding tert-OH is 1. The Kier molecular flexibility index (Phi) is 5.05. The number of nitrogens with zero attached hydrogens (tertiary/aromatic N) is 2. The van der Waals surface area contributed by atoms with E-state index in [1.807, 2.05) is 6.07 Å². The molecule has 1 aromatic heterocycles. The van der Waals surface area contributed by atoms with E-state index in [0.717, 1.165) is 4.70 Å². The summed E-state index contributed by atoms with van der Waals surface area (Å²) < 4.78 is 28.9. The molecule has 9 heteroatoms. The molecule has 1 fully saturated rings. The number of carbonyl (C=O) groups excluding carboxylic acids is 1. The highest BCUT2D eigenvalue weighted by Gasteiger charge is 2.23. The first-order valence-electron chi connectivity index (χ1n) is 8.86. The summed E-state index contributed by atoms with van der Waals surface area (Å²) in [6.07, 6.45) is 0.806. The van der Waals surface area contributed by atoms with Crippen molar-refractivity contribution in [1.82, 2.24) is 9.88 Å². The maximum Gasteiger partial charge on any atom is 0.264 e. The topological polar surface area (TPSA) is 99.6 Å². The molecular weight excluding hydrogens is 398 g/mol. The summed E-state index contributed by atoms with van der Waals surface area (Å²) in [4.78, 5) is 18.5. The number of carbonyl (C=O) groups is 1. The molecule has 2 heterocycles. The van der Waals surface area contributed by atoms with Gasteiger partial charge in [0.05, 0.1) is 16.3 Å². The van der Waals surface area contributed by atoms with Crippen LogP contribution in [0.5, 0.6) is 0 Å². The van der Waals surface area contributed by atoms with Crippen LogP contribution in [0.2, 0.25) is 0 Å². The van der Waals surface area contributed by atoms with Gasteiger partial charge in [-0.2, -0.15) is 0 Å². The smallest absolute Gasteiger partial charge is 0.264 e. The summed E-state index contributed by atoms with van der Waals surface area (Å²) in [6, 6.07) is 11.4. The van der Waals surface area contributed by atoms with E-state index in [-0.39, 0.29) is 16.9 Å². The molecule has 2 N–H and O–H groups in total. The summed E-state index contributed by atoms with van der Waals surface area (Å²) in [5.41, 5.74) is 2.92. The number of anilines is 1. The van der Waals surface area contributed by atoms with Crippen LogP contribution in [0.4, 0.5) is 5.69 Å². The number of fused-ring (bicyclic) bond motifs is 1. The Morgan fingerprint density at radius 3 is 2.57 bits per heavy atom. The lowest BCUT2D eigenvalue weighted by molar-refractivity contribution is 0.0546. The normalized spacial score (nSPS) is 15.7. The molecule has 1 amide bonds. The van der Waals surface area contributed by atoms with Crippen molar-refractivity contribution < 1.29 is 18.3 Å². The van der Waals surface area contributed by atoms with Crippen LogP contribution in [0, 0.1) is 0 Å². The Bertz CT molecular complexity index is 1100. The van der Waals surface area contributed by atoms with Crippen LogP contribution in [0.1, 0.15) is 23.2 Å². The summed E-state index contributed by atoms with van der Waals surface area (Å²) in [5, 5.41) is 9.56. The zero-order valence-electron chi connectivity index (χ0n) is 14.9. The molecule has 7 nitrogen and oxygen atoms in total. The van der Waals surface area contributed by atoms with E-state index < -0.39 is 10.0 Å². The fraction of sp³-hybridized carbons (Fsp3) is 0.263. The van der Waals surface area contributed by atoms with Gasteiger partial charge in [0.15, 0.2) is 0 Å². The number of rotatable bonds is 4. The molecule has 3 aromatic rings. The number of nitrogens with one attached hydrogen (secondary N) is 1. The molecule has 146 valence electrons. The number of sulfonamides is 1. The SMILES string of the molecule is O=C(c1ccc(NS(=O)(=O)c2cccc3scnc23)cc1)N1CCC(O)CC1. The summed E-state index contributed by atoms with van der Waals surface area (Å²) >= 11 is 1.38. The molecule has 1 aliphatic rings. The summed E-state index contributed by atoms with van der Waals surface area (Å²) in [6.45, 7) is 1.04. The largest absolute Gasteiger partial charge is 0.393 e. The zero-order valence-corrected chi connectivity index (χ0v) is 16.5. The Labute approximate surface area is 166 Å². The van der Waals surface area contributed by atoms with Gasteiger partial charge in [-0.25, -0.2) is 13.4 Å². The fourth-order valence-corrected chi connectivity index (χ4v) is 5.22. The van der Waals surface area contributed by atoms with Gasteiger partial charge in [-0.15, -0.1) is 11.3 Å². The minimum absolute atomic E-state index is 0.117. The lowest BCUT2D eigenvalue weighted by Crippen LogP contribution is -2.40. The van der Waals surface area contributed by atoms with Gasteiger partial charge in [-0.05, 0) is 49.2 Å². The van der Waals surface area contributed by atoms with Crippen LogP contribution in [-0.4, -0.2) is 48.5 Å². The zero-order chi connectivity index (χ0) is 19.7. The van der Waals surface area contributed by atoms with E-state index in [4.69, 9.17) is 0 Å². The Morgan fingerprint density at radius 2 is 1.86 bits per heavy atom. The van der Waals surface area contributed by atoms with Crippen molar-refractivity contribution in [3.8, 4) is 0 Å². The van der Waals surface area contributed by atoms with Crippen molar-refractivity contribution in [2.75, 3.05) is 17.8 Å². The molecular formula is C19H19N3O4S2. The Balaban J connectivity index is 1.51. The van der Waals surface area contributed by atoms with E-state index in [1.54, 1.807) is 40.7 Å². The molecule has 0 spiro atoms. The number of piperidine rings is 1. The van der Waals surface area contributed by atoms with Crippen molar-refractivity contribution in [2.45, 2.75) is 23.8 Å². The van der Waals surface area contributed by atoms with E-state index in [1.165, 1.54) is 17.4 Å². The number of benzene rings is 2. The predicted molar refractivity (Wildman–Crippen MR) is 108 cm³/mol. The second kappa shape index (κ2) is 7.50. The van der Waals surface area contributed by atoms with Crippen LogP contribution in [0.25, 0.3) is 10.2 Å². The molecule has 1 saturated heterocycles. The summed E-state index contributed by atoms with van der Waals surface area (Å²) in [5.74, 6) is -0.117. The molecule has 0 radical (unpaired) electrons. The van der Waals surface area contributed by atoms with E-state index in [2.05, 4.69) is 9.71 Å². The number of amides is 1. The fourth-order valence-electron chi connectivity index (χ4n) is 3.22. The quantitative estimate of drug-likeness (QED) is 0.680. The van der Waals surface area contributed by atoms with Gasteiger partial charge in [-0.1, -0.05) is 6.07 Å². The van der Waals surface area contributed by atoms with Crippen LogP contribution >= 0.6 is 11.3 Å². The van der Waals surface area contributed by atoms with Gasteiger partial charge in [0.2, 0.25) is 0 Å². The highest BCUT2D eigenvalue weighted by Crippen LogP contribution is 2.26. The molecule has 4 rings (SSSR count). The van der Waals surface area contributed by atoms with E-state index >= 15 is 0 Å². The number of hydrogen-bond donors (Lipinski definition) is 2. The first-order valence-corrected chi connectivity index (χ1v) is 11.2. The lowest BCUT2D eigenvalue weighted by Gasteiger charge is -2.29. The molecule has 28 heavy (non-hydrogen) atoms. The standard InChI is InChI=1S/C19H19N3O4S2/c23-15-8-10-22(11-9-15)19(24)13-4-6-14(7-5-13)21-28(25,26)17-3-1-2-16-18(17)20-12-27-16/h1-7,12,15,21,23H,8-11H2. The van der Waals surface area contributed by atoms with Gasteiger partial charge in [-0.3, -0.25) is 9.52 Å². The highest BCUT2D eigenvalue weighted by molar-refractivity contribution is 7.93. The van der Waals surface area contributed by atoms with Gasteiger partial charge in [0.25, 0.3) is 15.9 Å². The van der Waals surface area contributed by atoms with Crippen molar-refractivity contribution in [1.29, 1.82) is 0 Å². The minimum Gasteiger partial charge on any atom is -0.393 e. The van der Waals surface area contributed by atoms with Crippen molar-refractivity contribution >= 4 is 43.2 Å². The first kappa shape index (κ1) is 18.9. The Hall–Kier alpha value is -2.49. The van der Waals surface area contributed by atoms with Crippen LogP contribution in [-0.2, 0) is 10.0 Å². The molecule has 0 saturated carbocycles. The second-order valence-corrected chi connectivity index (χ2v) is 9.20. The monoisotopic (exact) mass is 417 g/mol. The lowest BCUT2D eigenvalue weighted by atomic mass is 10.1. The van der Waals surface area contributed by atoms with Crippen LogP contribution in [0.15, 0.2) is 52.9 Å². The van der Waals surface area contributed by atoms with E-state index in [9.17, 15) is 18.3 Å². The average molecular weight is 418 g/mol. The van der Waals surface area contributed by atoms with Crippen LogP contribution < -0.4 is 4.72 Å². The Morgan fingerprint density at radius 1 is 1.14 bits per heavy atom. The third-order valence-electron chi connectivity index (χ3n) is 4.75. The number of likely N-dealkylation sites (tertiary alicyclic amines) is 1. The van der Waals surface area contributed by atoms with Crippen molar-refractivity contribution in [2.24, 2.45) is 0 Å². The van der Waals surface area contributed by atoms with Gasteiger partial charge >= 0.3 is 0 Å². The van der Waals surface area contributed by atoms with Crippen molar-refractivity contribution in [3.05, 3.63) is 53.5 Å². The second-order valence-electron chi connectivity index (χ2n) is 6.66. The van der Waals surface area contributed by atoms with Crippen molar-refractivity contribution in [3.63, 3.8) is 0 Å². The maximum absolute atomic E-state index is 12.8. The van der Waals surface area contributed by atoms with Crippen LogP contribution in [0.3, 0.4) is 0 Å². The number of para-hydroxylation sites is 1. The molecule has 1 aliphatic heterocycles. The van der Waals surface area contributed by atoms with E-state index in [0.29, 0.717) is 42.7 Å². The van der Waals surface area contributed by atoms with Gasteiger partial charge in [0, 0.05) is 24.3 Å². The first-order chi connectivity index (χ1) is 13.4. The number of thiazole rings is 1. The molecule has 2 aromatic carbocycles. The number of hydrogen-bond acceptors (Lipinski definition) is 6. The molecule has 0 aliphatic carbocycles. The maximum atomic E-state index is 12.8. The third-order valence-corrected chi connectivity index (χ3v) is 6.96. The molecule has 0 bridgehead atoms. The molecule has 0 unspecified atom stereocenters. The molecule has 0 atom stereocenters. The average Bonchev–Trinajstić information content (AvgIpc) is 3.17. The predicted octanol–water partition coefficient (Wildman–Crippen LogP) is 2.69. The highest BCUT2D eigenvalue weighted by atomic mass is 32.2. The number of aromatic nitrogens is 1. The van der Waals surface area contributed by atoms with Gasteiger partial charge in [0.1, 0.15) is 10.4 Å². The summed E-state index contributed by atoms with van der Waals surface area (Å²) in [7, 11) is -3.80. The number of aliphatic hydroxyl groups is 1. The third kappa shape index (κ3) is 3.73.